The summed E-state index contributed by atoms with van der Waals surface area (Å²) in [7, 11) is 0. The highest BCUT2D eigenvalue weighted by atomic mass is 35.5. The first-order valence-electron chi connectivity index (χ1n) is 6.09. The van der Waals surface area contributed by atoms with Crippen LogP contribution in [0.4, 0.5) is 0 Å². The molecule has 0 saturated heterocycles. The normalized spacial score (nSPS) is 17.5. The lowest BCUT2D eigenvalue weighted by molar-refractivity contribution is 0.0260. The molecule has 1 heterocycles. The molecule has 0 aromatic carbocycles. The van der Waals surface area contributed by atoms with E-state index in [0.717, 1.165) is 25.7 Å². The Morgan fingerprint density at radius 3 is 2.59 bits per heavy atom. The predicted molar refractivity (Wildman–Crippen MR) is 66.2 cm³/mol. The molecular formula is C13H16ClNO2. The van der Waals surface area contributed by atoms with E-state index in [1.165, 1.54) is 12.8 Å². The average molecular weight is 254 g/mol. The van der Waals surface area contributed by atoms with Crippen LogP contribution in [0.15, 0.2) is 18.2 Å². The second-order valence-corrected chi connectivity index (χ2v) is 4.75. The van der Waals surface area contributed by atoms with Crippen molar-refractivity contribution in [1.82, 2.24) is 4.98 Å². The Kier molecular flexibility index (Phi) is 4.37. The maximum Gasteiger partial charge on any atom is 0.357 e. The number of ether oxygens (including phenoxy) is 1. The van der Waals surface area contributed by atoms with Gasteiger partial charge in [0.1, 0.15) is 17.0 Å². The molecular weight excluding hydrogens is 238 g/mol. The second-order valence-electron chi connectivity index (χ2n) is 4.36. The summed E-state index contributed by atoms with van der Waals surface area (Å²) < 4.78 is 5.45. The Bertz CT molecular complexity index is 387. The number of nitrogens with zero attached hydrogens (tertiary/aromatic N) is 1. The molecule has 0 unspecified atom stereocenters. The minimum Gasteiger partial charge on any atom is -0.458 e. The Balaban J connectivity index is 1.96. The molecule has 0 aliphatic heterocycles. The highest BCUT2D eigenvalue weighted by molar-refractivity contribution is 6.29. The number of carbonyl (C=O) groups excluding carboxylic acids is 1. The van der Waals surface area contributed by atoms with Crippen LogP contribution in [0.2, 0.25) is 5.15 Å². The summed E-state index contributed by atoms with van der Waals surface area (Å²) in [5.74, 6) is -0.362. The van der Waals surface area contributed by atoms with Gasteiger partial charge >= 0.3 is 5.97 Å². The number of aromatic nitrogens is 1. The zero-order valence-corrected chi connectivity index (χ0v) is 10.4. The fourth-order valence-electron chi connectivity index (χ4n) is 2.09. The average Bonchev–Trinajstić information content (AvgIpc) is 2.57. The third-order valence-corrected chi connectivity index (χ3v) is 3.21. The van der Waals surface area contributed by atoms with E-state index in [2.05, 4.69) is 4.98 Å². The fraction of sp³-hybridized carbons (Fsp3) is 0.538. The first-order chi connectivity index (χ1) is 8.25. The molecule has 1 aromatic heterocycles. The molecule has 0 amide bonds. The number of esters is 1. The van der Waals surface area contributed by atoms with Gasteiger partial charge in [-0.2, -0.15) is 0 Å². The summed E-state index contributed by atoms with van der Waals surface area (Å²) in [6.07, 6.45) is 6.73. The Morgan fingerprint density at radius 2 is 1.94 bits per heavy atom. The quantitative estimate of drug-likeness (QED) is 0.459. The van der Waals surface area contributed by atoms with Gasteiger partial charge in [-0.3, -0.25) is 0 Å². The lowest BCUT2D eigenvalue weighted by Crippen LogP contribution is -2.18. The number of halogens is 1. The van der Waals surface area contributed by atoms with Crippen LogP contribution in [-0.4, -0.2) is 17.1 Å². The van der Waals surface area contributed by atoms with E-state index in [1.807, 2.05) is 0 Å². The lowest BCUT2D eigenvalue weighted by Gasteiger charge is -2.14. The van der Waals surface area contributed by atoms with E-state index in [9.17, 15) is 4.79 Å². The van der Waals surface area contributed by atoms with Gasteiger partial charge in [0, 0.05) is 0 Å². The van der Waals surface area contributed by atoms with Crippen molar-refractivity contribution in [2.75, 3.05) is 0 Å². The monoisotopic (exact) mass is 253 g/mol. The smallest absolute Gasteiger partial charge is 0.357 e. The third kappa shape index (κ3) is 3.70. The van der Waals surface area contributed by atoms with E-state index >= 15 is 0 Å². The highest BCUT2D eigenvalue weighted by Crippen LogP contribution is 2.20. The van der Waals surface area contributed by atoms with Crippen LogP contribution in [-0.2, 0) is 4.74 Å². The van der Waals surface area contributed by atoms with Crippen LogP contribution in [0.3, 0.4) is 0 Å². The minimum absolute atomic E-state index is 0.0470. The molecule has 3 nitrogen and oxygen atoms in total. The molecule has 1 aromatic rings. The SMILES string of the molecule is O=C(OC1CCCCCC1)c1cccc(Cl)n1. The molecule has 17 heavy (non-hydrogen) atoms. The van der Waals surface area contributed by atoms with Gasteiger partial charge in [0.2, 0.25) is 0 Å². The number of rotatable bonds is 2. The van der Waals surface area contributed by atoms with E-state index in [4.69, 9.17) is 16.3 Å². The largest absolute Gasteiger partial charge is 0.458 e. The second kappa shape index (κ2) is 6.01. The van der Waals surface area contributed by atoms with E-state index < -0.39 is 0 Å². The first-order valence-corrected chi connectivity index (χ1v) is 6.47. The molecule has 1 aliphatic carbocycles. The van der Waals surface area contributed by atoms with E-state index in [1.54, 1.807) is 18.2 Å². The standard InChI is InChI=1S/C13H16ClNO2/c14-12-9-5-8-11(15-12)13(16)17-10-6-3-1-2-4-7-10/h5,8-10H,1-4,6-7H2. The van der Waals surface area contributed by atoms with E-state index in [-0.39, 0.29) is 12.1 Å². The van der Waals surface area contributed by atoms with Crippen molar-refractivity contribution in [1.29, 1.82) is 0 Å². The van der Waals surface area contributed by atoms with Crippen LogP contribution >= 0.6 is 11.6 Å². The Labute approximate surface area is 106 Å². The van der Waals surface area contributed by atoms with Crippen LogP contribution in [0, 0.1) is 0 Å². The minimum atomic E-state index is -0.362. The molecule has 2 rings (SSSR count). The molecule has 0 N–H and O–H groups in total. The van der Waals surface area contributed by atoms with Crippen molar-refractivity contribution in [2.24, 2.45) is 0 Å². The van der Waals surface area contributed by atoms with Gasteiger partial charge in [-0.05, 0) is 37.8 Å². The van der Waals surface area contributed by atoms with Gasteiger partial charge in [0.25, 0.3) is 0 Å². The van der Waals surface area contributed by atoms with Gasteiger partial charge in [0.15, 0.2) is 0 Å². The van der Waals surface area contributed by atoms with Crippen LogP contribution in [0.5, 0.6) is 0 Å². The Hall–Kier alpha value is -1.09. The maximum atomic E-state index is 11.8. The maximum absolute atomic E-state index is 11.8. The van der Waals surface area contributed by atoms with Gasteiger partial charge in [-0.1, -0.05) is 30.5 Å². The van der Waals surface area contributed by atoms with Gasteiger partial charge in [-0.25, -0.2) is 9.78 Å². The predicted octanol–water partition coefficient (Wildman–Crippen LogP) is 3.61. The van der Waals surface area contributed by atoms with Crippen molar-refractivity contribution >= 4 is 17.6 Å². The van der Waals surface area contributed by atoms with Gasteiger partial charge < -0.3 is 4.74 Å². The van der Waals surface area contributed by atoms with Crippen molar-refractivity contribution in [2.45, 2.75) is 44.6 Å². The number of pyridine rings is 1. The molecule has 0 atom stereocenters. The fourth-order valence-corrected chi connectivity index (χ4v) is 2.26. The molecule has 0 spiro atoms. The molecule has 0 radical (unpaired) electrons. The highest BCUT2D eigenvalue weighted by Gasteiger charge is 2.18. The van der Waals surface area contributed by atoms with Crippen molar-refractivity contribution in [3.8, 4) is 0 Å². The third-order valence-electron chi connectivity index (χ3n) is 3.00. The molecule has 1 fully saturated rings. The Morgan fingerprint density at radius 1 is 1.24 bits per heavy atom. The summed E-state index contributed by atoms with van der Waals surface area (Å²) >= 11 is 5.74. The molecule has 0 bridgehead atoms. The summed E-state index contributed by atoms with van der Waals surface area (Å²) in [6, 6.07) is 4.98. The van der Waals surface area contributed by atoms with E-state index in [0.29, 0.717) is 10.8 Å². The number of carbonyl (C=O) groups is 1. The number of hydrogen-bond acceptors (Lipinski definition) is 3. The van der Waals surface area contributed by atoms with Crippen LogP contribution in [0.1, 0.15) is 49.0 Å². The van der Waals surface area contributed by atoms with Crippen LogP contribution in [0.25, 0.3) is 0 Å². The summed E-state index contributed by atoms with van der Waals surface area (Å²) in [4.78, 5) is 15.8. The zero-order valence-electron chi connectivity index (χ0n) is 9.69. The van der Waals surface area contributed by atoms with Crippen molar-refractivity contribution in [3.05, 3.63) is 29.0 Å². The molecule has 4 heteroatoms. The summed E-state index contributed by atoms with van der Waals surface area (Å²) in [6.45, 7) is 0. The summed E-state index contributed by atoms with van der Waals surface area (Å²) in [5, 5.41) is 0.320. The molecule has 1 saturated carbocycles. The van der Waals surface area contributed by atoms with Crippen molar-refractivity contribution < 1.29 is 9.53 Å². The molecule has 92 valence electrons. The first kappa shape index (κ1) is 12.4. The summed E-state index contributed by atoms with van der Waals surface area (Å²) in [5.41, 5.74) is 0.293. The van der Waals surface area contributed by atoms with Crippen LogP contribution < -0.4 is 0 Å². The van der Waals surface area contributed by atoms with Gasteiger partial charge in [-0.15, -0.1) is 0 Å². The van der Waals surface area contributed by atoms with Gasteiger partial charge in [0.05, 0.1) is 0 Å². The topological polar surface area (TPSA) is 39.2 Å². The van der Waals surface area contributed by atoms with Crippen molar-refractivity contribution in [3.63, 3.8) is 0 Å². The zero-order chi connectivity index (χ0) is 12.1. The lowest BCUT2D eigenvalue weighted by atomic mass is 10.1. The molecule has 1 aliphatic rings. The number of hydrogen-bond donors (Lipinski definition) is 0.